The number of anilines is 3. The van der Waals surface area contributed by atoms with E-state index in [9.17, 15) is 9.59 Å². The van der Waals surface area contributed by atoms with Crippen LogP contribution in [0.15, 0.2) is 36.7 Å². The number of aromatic nitrogens is 2. The first-order valence-electron chi connectivity index (χ1n) is 7.52. The van der Waals surface area contributed by atoms with Crippen LogP contribution in [0.25, 0.3) is 0 Å². The van der Waals surface area contributed by atoms with Crippen LogP contribution in [0.2, 0.25) is 0 Å². The van der Waals surface area contributed by atoms with Gasteiger partial charge in [-0.1, -0.05) is 0 Å². The van der Waals surface area contributed by atoms with Crippen LogP contribution in [0.5, 0.6) is 0 Å². The summed E-state index contributed by atoms with van der Waals surface area (Å²) in [5.41, 5.74) is 1.44. The van der Waals surface area contributed by atoms with Gasteiger partial charge < -0.3 is 16.0 Å². The van der Waals surface area contributed by atoms with Crippen molar-refractivity contribution in [3.63, 3.8) is 0 Å². The van der Waals surface area contributed by atoms with Gasteiger partial charge in [0.25, 0.3) is 5.91 Å². The highest BCUT2D eigenvalue weighted by Crippen LogP contribution is 2.18. The van der Waals surface area contributed by atoms with Gasteiger partial charge in [0.1, 0.15) is 17.8 Å². The van der Waals surface area contributed by atoms with Gasteiger partial charge in [0, 0.05) is 29.9 Å². The van der Waals surface area contributed by atoms with Gasteiger partial charge in [-0.3, -0.25) is 9.59 Å². The number of benzene rings is 1. The predicted molar refractivity (Wildman–Crippen MR) is 93.3 cm³/mol. The molecule has 0 aliphatic rings. The second-order valence-corrected chi connectivity index (χ2v) is 6.38. The first-order chi connectivity index (χ1) is 11.2. The molecule has 0 spiro atoms. The van der Waals surface area contributed by atoms with Gasteiger partial charge in [-0.15, -0.1) is 0 Å². The summed E-state index contributed by atoms with van der Waals surface area (Å²) >= 11 is 0. The number of hydrogen-bond donors (Lipinski definition) is 3. The van der Waals surface area contributed by atoms with Crippen LogP contribution in [0.4, 0.5) is 17.2 Å². The Morgan fingerprint density at radius 3 is 2.21 bits per heavy atom. The van der Waals surface area contributed by atoms with Gasteiger partial charge in [-0.25, -0.2) is 9.97 Å². The molecular formula is C17H21N5O2. The van der Waals surface area contributed by atoms with Crippen molar-refractivity contribution in [3.05, 3.63) is 42.4 Å². The highest BCUT2D eigenvalue weighted by Gasteiger charge is 2.16. The number of nitrogens with one attached hydrogen (secondary N) is 3. The van der Waals surface area contributed by atoms with Crippen molar-refractivity contribution in [2.45, 2.75) is 33.2 Å². The van der Waals surface area contributed by atoms with E-state index in [4.69, 9.17) is 0 Å². The standard InChI is InChI=1S/C17H21N5O2/c1-11(23)20-12-5-7-13(8-6-12)21-15-9-14(18-10-19-15)16(24)22-17(2,3)4/h5-10H,1-4H3,(H,20,23)(H,22,24)(H,18,19,21). The number of rotatable bonds is 4. The molecule has 24 heavy (non-hydrogen) atoms. The fourth-order valence-corrected chi connectivity index (χ4v) is 1.94. The van der Waals surface area contributed by atoms with Crippen LogP contribution in [-0.2, 0) is 4.79 Å². The minimum absolute atomic E-state index is 0.124. The Morgan fingerprint density at radius 2 is 1.62 bits per heavy atom. The summed E-state index contributed by atoms with van der Waals surface area (Å²) in [4.78, 5) is 31.3. The Balaban J connectivity index is 2.09. The summed E-state index contributed by atoms with van der Waals surface area (Å²) in [6.07, 6.45) is 1.34. The molecule has 3 N–H and O–H groups in total. The summed E-state index contributed by atoms with van der Waals surface area (Å²) in [5, 5.41) is 8.65. The minimum atomic E-state index is -0.338. The zero-order valence-electron chi connectivity index (χ0n) is 14.2. The van der Waals surface area contributed by atoms with E-state index >= 15 is 0 Å². The van der Waals surface area contributed by atoms with Crippen molar-refractivity contribution in [1.29, 1.82) is 0 Å². The summed E-state index contributed by atoms with van der Waals surface area (Å²) in [7, 11) is 0. The monoisotopic (exact) mass is 327 g/mol. The molecule has 2 aromatic rings. The van der Waals surface area contributed by atoms with Crippen LogP contribution in [-0.4, -0.2) is 27.3 Å². The van der Waals surface area contributed by atoms with Gasteiger partial charge in [-0.05, 0) is 45.0 Å². The first kappa shape index (κ1) is 17.4. The lowest BCUT2D eigenvalue weighted by Gasteiger charge is -2.20. The lowest BCUT2D eigenvalue weighted by Crippen LogP contribution is -2.40. The summed E-state index contributed by atoms with van der Waals surface area (Å²) in [6, 6.07) is 8.75. The van der Waals surface area contributed by atoms with E-state index in [1.807, 2.05) is 32.9 Å². The molecule has 0 aliphatic carbocycles. The molecule has 0 atom stereocenters. The molecule has 1 aromatic carbocycles. The van der Waals surface area contributed by atoms with E-state index in [1.54, 1.807) is 18.2 Å². The quantitative estimate of drug-likeness (QED) is 0.802. The molecule has 0 saturated heterocycles. The van der Waals surface area contributed by atoms with Crippen molar-refractivity contribution in [2.75, 3.05) is 10.6 Å². The molecule has 0 fully saturated rings. The third-order valence-corrected chi connectivity index (χ3v) is 2.87. The maximum atomic E-state index is 12.1. The summed E-state index contributed by atoms with van der Waals surface area (Å²) in [5.74, 6) is 0.131. The van der Waals surface area contributed by atoms with E-state index in [0.29, 0.717) is 11.5 Å². The van der Waals surface area contributed by atoms with Gasteiger partial charge in [0.15, 0.2) is 0 Å². The maximum Gasteiger partial charge on any atom is 0.270 e. The largest absolute Gasteiger partial charge is 0.346 e. The normalized spacial score (nSPS) is 10.8. The second-order valence-electron chi connectivity index (χ2n) is 6.38. The molecule has 0 radical (unpaired) electrons. The molecule has 7 heteroatoms. The van der Waals surface area contributed by atoms with Crippen molar-refractivity contribution >= 4 is 29.0 Å². The molecule has 2 amide bonds. The Morgan fingerprint density at radius 1 is 1.00 bits per heavy atom. The van der Waals surface area contributed by atoms with Crippen LogP contribution >= 0.6 is 0 Å². The van der Waals surface area contributed by atoms with Gasteiger partial charge >= 0.3 is 0 Å². The molecule has 0 saturated carbocycles. The Labute approximate surface area is 140 Å². The highest BCUT2D eigenvalue weighted by atomic mass is 16.2. The smallest absolute Gasteiger partial charge is 0.270 e. The average molecular weight is 327 g/mol. The van der Waals surface area contributed by atoms with E-state index in [2.05, 4.69) is 25.9 Å². The van der Waals surface area contributed by atoms with Crippen LogP contribution in [0.1, 0.15) is 38.2 Å². The van der Waals surface area contributed by atoms with E-state index < -0.39 is 0 Å². The molecule has 1 aromatic heterocycles. The van der Waals surface area contributed by atoms with Gasteiger partial charge in [0.2, 0.25) is 5.91 Å². The van der Waals surface area contributed by atoms with Crippen LogP contribution in [0.3, 0.4) is 0 Å². The number of nitrogens with zero attached hydrogens (tertiary/aromatic N) is 2. The first-order valence-corrected chi connectivity index (χ1v) is 7.52. The lowest BCUT2D eigenvalue weighted by atomic mass is 10.1. The molecule has 0 unspecified atom stereocenters. The van der Waals surface area contributed by atoms with Crippen molar-refractivity contribution in [3.8, 4) is 0 Å². The van der Waals surface area contributed by atoms with Gasteiger partial charge in [-0.2, -0.15) is 0 Å². The summed E-state index contributed by atoms with van der Waals surface area (Å²) in [6.45, 7) is 7.17. The number of carbonyl (C=O) groups is 2. The van der Waals surface area contributed by atoms with Crippen LogP contribution in [0, 0.1) is 0 Å². The van der Waals surface area contributed by atoms with E-state index in [1.165, 1.54) is 13.3 Å². The Hall–Kier alpha value is -2.96. The predicted octanol–water partition coefficient (Wildman–Crippen LogP) is 2.71. The third-order valence-electron chi connectivity index (χ3n) is 2.87. The topological polar surface area (TPSA) is 96.0 Å². The molecule has 0 aliphatic heterocycles. The minimum Gasteiger partial charge on any atom is -0.346 e. The SMILES string of the molecule is CC(=O)Nc1ccc(Nc2cc(C(=O)NC(C)(C)C)ncn2)cc1. The van der Waals surface area contributed by atoms with Gasteiger partial charge in [0.05, 0.1) is 0 Å². The van der Waals surface area contributed by atoms with Crippen molar-refractivity contribution < 1.29 is 9.59 Å². The van der Waals surface area contributed by atoms with E-state index in [0.717, 1.165) is 5.69 Å². The second kappa shape index (κ2) is 7.08. The molecule has 126 valence electrons. The Bertz CT molecular complexity index is 735. The molecule has 2 rings (SSSR count). The zero-order valence-corrected chi connectivity index (χ0v) is 14.2. The number of hydrogen-bond acceptors (Lipinski definition) is 5. The van der Waals surface area contributed by atoms with Crippen molar-refractivity contribution in [1.82, 2.24) is 15.3 Å². The third kappa shape index (κ3) is 5.35. The van der Waals surface area contributed by atoms with Crippen LogP contribution < -0.4 is 16.0 Å². The van der Waals surface area contributed by atoms with E-state index in [-0.39, 0.29) is 23.0 Å². The molecule has 1 heterocycles. The fourth-order valence-electron chi connectivity index (χ4n) is 1.94. The molecular weight excluding hydrogens is 306 g/mol. The Kier molecular flexibility index (Phi) is 5.13. The number of carbonyl (C=O) groups excluding carboxylic acids is 2. The molecule has 0 bridgehead atoms. The summed E-state index contributed by atoms with van der Waals surface area (Å²) < 4.78 is 0. The molecule has 7 nitrogen and oxygen atoms in total. The maximum absolute atomic E-state index is 12.1. The lowest BCUT2D eigenvalue weighted by molar-refractivity contribution is -0.114. The number of amides is 2. The highest BCUT2D eigenvalue weighted by molar-refractivity contribution is 5.93. The average Bonchev–Trinajstić information content (AvgIpc) is 2.47. The zero-order chi connectivity index (χ0) is 17.7. The van der Waals surface area contributed by atoms with Crippen molar-refractivity contribution in [2.24, 2.45) is 0 Å². The fraction of sp³-hybridized carbons (Fsp3) is 0.294.